The molecule has 3 N–H and O–H groups in total. The predicted molar refractivity (Wildman–Crippen MR) is 122 cm³/mol. The standard InChI is InChI=1S/C22H24N4O3S2/c1-15(21(27)24-16-11-13-18(14-12-16)31(23,28)29)30-22-25-19-9-5-6-10-20(19)26(22)17-7-3-2-4-8-17/h2-4,7-8,11-15H,5-6,9-10H2,1H3,(H,24,27)(H2,23,28,29)/t15-/m0/s1. The highest BCUT2D eigenvalue weighted by atomic mass is 32.2. The quantitative estimate of drug-likeness (QED) is 0.552. The fourth-order valence-corrected chi connectivity index (χ4v) is 5.10. The van der Waals surface area contributed by atoms with Gasteiger partial charge in [0.1, 0.15) is 0 Å². The lowest BCUT2D eigenvalue weighted by molar-refractivity contribution is -0.115. The number of nitrogens with zero attached hydrogens (tertiary/aromatic N) is 2. The number of nitrogens with one attached hydrogen (secondary N) is 1. The number of para-hydroxylation sites is 1. The third-order valence-electron chi connectivity index (χ3n) is 5.22. The van der Waals surface area contributed by atoms with Gasteiger partial charge >= 0.3 is 0 Å². The molecule has 4 rings (SSSR count). The first-order valence-corrected chi connectivity index (χ1v) is 12.5. The molecule has 0 radical (unpaired) electrons. The molecule has 1 amide bonds. The molecule has 1 aromatic heterocycles. The van der Waals surface area contributed by atoms with Gasteiger partial charge in [0.25, 0.3) is 0 Å². The van der Waals surface area contributed by atoms with Gasteiger partial charge in [-0.25, -0.2) is 18.5 Å². The van der Waals surface area contributed by atoms with E-state index in [4.69, 9.17) is 10.1 Å². The summed E-state index contributed by atoms with van der Waals surface area (Å²) in [6, 6.07) is 15.9. The van der Waals surface area contributed by atoms with Gasteiger partial charge in [0.05, 0.1) is 15.8 Å². The van der Waals surface area contributed by atoms with Crippen LogP contribution >= 0.6 is 11.8 Å². The first kappa shape index (κ1) is 21.6. The first-order valence-electron chi connectivity index (χ1n) is 10.1. The highest BCUT2D eigenvalue weighted by Crippen LogP contribution is 2.32. The molecular formula is C22H24N4O3S2. The normalized spacial score (nSPS) is 14.6. The Labute approximate surface area is 186 Å². The number of rotatable bonds is 6. The molecule has 3 aromatic rings. The number of benzene rings is 2. The number of primary sulfonamides is 1. The van der Waals surface area contributed by atoms with E-state index in [9.17, 15) is 13.2 Å². The number of thioether (sulfide) groups is 1. The van der Waals surface area contributed by atoms with Crippen molar-refractivity contribution in [1.29, 1.82) is 0 Å². The predicted octanol–water partition coefficient (Wildman–Crippen LogP) is 3.52. The maximum atomic E-state index is 12.8. The number of carbonyl (C=O) groups excluding carboxylic acids is 1. The van der Waals surface area contributed by atoms with Crippen molar-refractivity contribution in [3.8, 4) is 5.69 Å². The summed E-state index contributed by atoms with van der Waals surface area (Å²) in [5, 5.41) is 8.36. The van der Waals surface area contributed by atoms with Crippen LogP contribution in [0.4, 0.5) is 5.69 Å². The van der Waals surface area contributed by atoms with E-state index in [0.717, 1.165) is 42.2 Å². The van der Waals surface area contributed by atoms with Gasteiger partial charge < -0.3 is 5.32 Å². The van der Waals surface area contributed by atoms with Crippen molar-refractivity contribution >= 4 is 33.4 Å². The number of sulfonamides is 1. The molecule has 1 heterocycles. The van der Waals surface area contributed by atoms with Gasteiger partial charge in [-0.05, 0) is 69.0 Å². The maximum Gasteiger partial charge on any atom is 0.238 e. The van der Waals surface area contributed by atoms with E-state index >= 15 is 0 Å². The molecule has 0 bridgehead atoms. The van der Waals surface area contributed by atoms with Crippen molar-refractivity contribution in [1.82, 2.24) is 9.55 Å². The lowest BCUT2D eigenvalue weighted by atomic mass is 10.0. The Balaban J connectivity index is 1.54. The number of carbonyl (C=O) groups is 1. The van der Waals surface area contributed by atoms with Crippen LogP contribution in [0.5, 0.6) is 0 Å². The molecule has 1 aliphatic rings. The number of amides is 1. The highest BCUT2D eigenvalue weighted by Gasteiger charge is 2.24. The summed E-state index contributed by atoms with van der Waals surface area (Å²) >= 11 is 1.42. The lowest BCUT2D eigenvalue weighted by Gasteiger charge is -2.16. The third kappa shape index (κ3) is 4.84. The van der Waals surface area contributed by atoms with Gasteiger partial charge in [-0.3, -0.25) is 9.36 Å². The zero-order valence-electron chi connectivity index (χ0n) is 17.1. The van der Waals surface area contributed by atoms with E-state index < -0.39 is 15.3 Å². The van der Waals surface area contributed by atoms with Crippen molar-refractivity contribution in [3.63, 3.8) is 0 Å². The van der Waals surface area contributed by atoms with E-state index in [1.807, 2.05) is 25.1 Å². The molecule has 1 atom stereocenters. The van der Waals surface area contributed by atoms with E-state index in [1.54, 1.807) is 0 Å². The molecule has 0 saturated heterocycles. The van der Waals surface area contributed by atoms with Crippen molar-refractivity contribution in [2.45, 2.75) is 47.9 Å². The average molecular weight is 457 g/mol. The van der Waals surface area contributed by atoms with Crippen molar-refractivity contribution in [2.75, 3.05) is 5.32 Å². The Hall–Kier alpha value is -2.62. The van der Waals surface area contributed by atoms with E-state index in [2.05, 4.69) is 22.0 Å². The maximum absolute atomic E-state index is 12.8. The Bertz CT molecular complexity index is 1190. The number of anilines is 1. The van der Waals surface area contributed by atoms with E-state index in [0.29, 0.717) is 5.69 Å². The summed E-state index contributed by atoms with van der Waals surface area (Å²) in [4.78, 5) is 17.6. The highest BCUT2D eigenvalue weighted by molar-refractivity contribution is 8.00. The first-order chi connectivity index (χ1) is 14.8. The zero-order valence-corrected chi connectivity index (χ0v) is 18.7. The molecule has 0 aliphatic heterocycles. The molecule has 0 saturated carbocycles. The minimum absolute atomic E-state index is 0.00314. The van der Waals surface area contributed by atoms with Gasteiger partial charge in [-0.15, -0.1) is 0 Å². The van der Waals surface area contributed by atoms with Crippen LogP contribution in [0.15, 0.2) is 64.6 Å². The van der Waals surface area contributed by atoms with Gasteiger partial charge in [0.15, 0.2) is 5.16 Å². The minimum Gasteiger partial charge on any atom is -0.325 e. The third-order valence-corrected chi connectivity index (χ3v) is 7.20. The summed E-state index contributed by atoms with van der Waals surface area (Å²) in [6.07, 6.45) is 4.21. The molecule has 9 heteroatoms. The second-order valence-corrected chi connectivity index (χ2v) is 10.4. The average Bonchev–Trinajstić information content (AvgIpc) is 3.11. The number of hydrogen-bond donors (Lipinski definition) is 2. The van der Waals surface area contributed by atoms with Crippen LogP contribution in [0.2, 0.25) is 0 Å². The summed E-state index contributed by atoms with van der Waals surface area (Å²) in [5.41, 5.74) is 3.90. The summed E-state index contributed by atoms with van der Waals surface area (Å²) in [7, 11) is -3.77. The minimum atomic E-state index is -3.77. The van der Waals surface area contributed by atoms with Crippen LogP contribution in [0.3, 0.4) is 0 Å². The van der Waals surface area contributed by atoms with Gasteiger partial charge in [0, 0.05) is 17.1 Å². The van der Waals surface area contributed by atoms with E-state index in [1.165, 1.54) is 41.7 Å². The molecule has 0 unspecified atom stereocenters. The Kier molecular flexibility index (Phi) is 6.17. The van der Waals surface area contributed by atoms with Crippen LogP contribution in [0.1, 0.15) is 31.2 Å². The number of aryl methyl sites for hydroxylation is 1. The summed E-state index contributed by atoms with van der Waals surface area (Å²) in [5.74, 6) is -0.186. The summed E-state index contributed by atoms with van der Waals surface area (Å²) < 4.78 is 24.9. The molecule has 7 nitrogen and oxygen atoms in total. The Morgan fingerprint density at radius 3 is 2.45 bits per heavy atom. The van der Waals surface area contributed by atoms with Gasteiger partial charge in [-0.2, -0.15) is 0 Å². The number of imidazole rings is 1. The van der Waals surface area contributed by atoms with Crippen molar-refractivity contribution < 1.29 is 13.2 Å². The van der Waals surface area contributed by atoms with E-state index in [-0.39, 0.29) is 10.8 Å². The smallest absolute Gasteiger partial charge is 0.238 e. The van der Waals surface area contributed by atoms with Crippen LogP contribution in [0, 0.1) is 0 Å². The lowest BCUT2D eigenvalue weighted by Crippen LogP contribution is -2.23. The summed E-state index contributed by atoms with van der Waals surface area (Å²) in [6.45, 7) is 1.84. The van der Waals surface area contributed by atoms with Crippen molar-refractivity contribution in [3.05, 3.63) is 66.0 Å². The van der Waals surface area contributed by atoms with Crippen LogP contribution in [-0.4, -0.2) is 29.1 Å². The largest absolute Gasteiger partial charge is 0.325 e. The SMILES string of the molecule is C[C@H](Sc1nc2c(n1-c1ccccc1)CCCC2)C(=O)Nc1ccc(S(N)(=O)=O)cc1. The molecule has 2 aromatic carbocycles. The fourth-order valence-electron chi connectivity index (χ4n) is 3.62. The molecule has 162 valence electrons. The number of fused-ring (bicyclic) bond motifs is 1. The Morgan fingerprint density at radius 1 is 1.10 bits per heavy atom. The van der Waals surface area contributed by atoms with Crippen LogP contribution < -0.4 is 10.5 Å². The van der Waals surface area contributed by atoms with Gasteiger partial charge in [0.2, 0.25) is 15.9 Å². The molecular weight excluding hydrogens is 432 g/mol. The van der Waals surface area contributed by atoms with Gasteiger partial charge in [-0.1, -0.05) is 30.0 Å². The molecule has 0 spiro atoms. The molecule has 0 fully saturated rings. The molecule has 31 heavy (non-hydrogen) atoms. The zero-order chi connectivity index (χ0) is 22.0. The monoisotopic (exact) mass is 456 g/mol. The second-order valence-electron chi connectivity index (χ2n) is 7.48. The fraction of sp³-hybridized carbons (Fsp3) is 0.273. The molecule has 1 aliphatic carbocycles. The Morgan fingerprint density at radius 2 is 1.77 bits per heavy atom. The number of nitrogens with two attached hydrogens (primary N) is 1. The topological polar surface area (TPSA) is 107 Å². The number of hydrogen-bond acceptors (Lipinski definition) is 5. The number of aromatic nitrogens is 2. The van der Waals surface area contributed by atoms with Crippen LogP contribution in [-0.2, 0) is 27.7 Å². The van der Waals surface area contributed by atoms with Crippen molar-refractivity contribution in [2.24, 2.45) is 5.14 Å². The van der Waals surface area contributed by atoms with Crippen LogP contribution in [0.25, 0.3) is 5.69 Å². The second kappa shape index (κ2) is 8.86.